The summed E-state index contributed by atoms with van der Waals surface area (Å²) in [5, 5.41) is 3.95. The highest BCUT2D eigenvalue weighted by molar-refractivity contribution is 9.10. The van der Waals surface area contributed by atoms with E-state index in [1.165, 1.54) is 7.11 Å². The minimum absolute atomic E-state index is 0.329. The highest BCUT2D eigenvalue weighted by Gasteiger charge is 2.09. The normalized spacial score (nSPS) is 10.5. The number of carbonyl (C=O) groups is 1. The minimum Gasteiger partial charge on any atom is -0.493 e. The third-order valence-electron chi connectivity index (χ3n) is 2.92. The second-order valence-corrected chi connectivity index (χ2v) is 5.14. The summed E-state index contributed by atoms with van der Waals surface area (Å²) in [6, 6.07) is 12.5. The van der Waals surface area contributed by atoms with E-state index in [0.717, 1.165) is 10.0 Å². The van der Waals surface area contributed by atoms with Crippen LogP contribution in [0.2, 0.25) is 0 Å². The number of hydrogen-bond donors (Lipinski definition) is 1. The smallest absolute Gasteiger partial charge is 0.271 e. The fourth-order valence-corrected chi connectivity index (χ4v) is 2.17. The fraction of sp³-hybridized carbons (Fsp3) is 0.125. The van der Waals surface area contributed by atoms with Gasteiger partial charge in [-0.2, -0.15) is 5.10 Å². The van der Waals surface area contributed by atoms with Crippen molar-refractivity contribution >= 4 is 28.1 Å². The molecule has 2 aromatic carbocycles. The minimum atomic E-state index is -0.329. The zero-order valence-corrected chi connectivity index (χ0v) is 13.8. The molecular formula is C16H15BrN2O3. The van der Waals surface area contributed by atoms with Gasteiger partial charge >= 0.3 is 0 Å². The molecule has 0 atom stereocenters. The van der Waals surface area contributed by atoms with Crippen molar-refractivity contribution < 1.29 is 14.3 Å². The first-order valence-electron chi connectivity index (χ1n) is 6.45. The second kappa shape index (κ2) is 7.61. The number of rotatable bonds is 5. The first-order valence-corrected chi connectivity index (χ1v) is 7.25. The lowest BCUT2D eigenvalue weighted by Crippen LogP contribution is -2.17. The molecule has 0 aliphatic carbocycles. The Kier molecular flexibility index (Phi) is 5.55. The van der Waals surface area contributed by atoms with E-state index in [-0.39, 0.29) is 5.91 Å². The van der Waals surface area contributed by atoms with Gasteiger partial charge in [0.25, 0.3) is 5.91 Å². The summed E-state index contributed by atoms with van der Waals surface area (Å²) in [6.07, 6.45) is 1.57. The molecule has 0 aliphatic heterocycles. The molecule has 1 amide bonds. The van der Waals surface area contributed by atoms with Crippen molar-refractivity contribution in [2.45, 2.75) is 0 Å². The van der Waals surface area contributed by atoms with Crippen molar-refractivity contribution in [1.82, 2.24) is 5.43 Å². The van der Waals surface area contributed by atoms with Gasteiger partial charge in [0.2, 0.25) is 0 Å². The van der Waals surface area contributed by atoms with Crippen molar-refractivity contribution in [2.75, 3.05) is 14.2 Å². The summed E-state index contributed by atoms with van der Waals surface area (Å²) in [5.74, 6) is 0.727. The number of methoxy groups -OCH3 is 2. The van der Waals surface area contributed by atoms with Gasteiger partial charge in [-0.15, -0.1) is 0 Å². The quantitative estimate of drug-likeness (QED) is 0.656. The standard InChI is InChI=1S/C16H15BrN2O3/c1-21-14-8-7-11(9-15(14)22-2)16(20)19-18-10-12-5-3-4-6-13(12)17/h3-10H,1-2H3,(H,19,20). The van der Waals surface area contributed by atoms with E-state index in [1.807, 2.05) is 24.3 Å². The van der Waals surface area contributed by atoms with E-state index in [1.54, 1.807) is 31.5 Å². The Morgan fingerprint density at radius 1 is 1.14 bits per heavy atom. The van der Waals surface area contributed by atoms with Crippen LogP contribution in [0, 0.1) is 0 Å². The topological polar surface area (TPSA) is 59.9 Å². The molecular weight excluding hydrogens is 348 g/mol. The molecule has 6 heteroatoms. The lowest BCUT2D eigenvalue weighted by Gasteiger charge is -2.08. The predicted octanol–water partition coefficient (Wildman–Crippen LogP) is 3.23. The molecule has 0 bridgehead atoms. The first kappa shape index (κ1) is 16.0. The van der Waals surface area contributed by atoms with E-state index >= 15 is 0 Å². The van der Waals surface area contributed by atoms with Gasteiger partial charge in [-0.1, -0.05) is 34.1 Å². The summed E-state index contributed by atoms with van der Waals surface area (Å²) in [6.45, 7) is 0. The summed E-state index contributed by atoms with van der Waals surface area (Å²) < 4.78 is 11.2. The second-order valence-electron chi connectivity index (χ2n) is 4.29. The molecule has 5 nitrogen and oxygen atoms in total. The Labute approximate surface area is 137 Å². The molecule has 0 saturated carbocycles. The van der Waals surface area contributed by atoms with Gasteiger partial charge in [0.05, 0.1) is 20.4 Å². The molecule has 0 spiro atoms. The summed E-state index contributed by atoms with van der Waals surface area (Å²) in [7, 11) is 3.06. The number of benzene rings is 2. The molecule has 2 aromatic rings. The van der Waals surface area contributed by atoms with Gasteiger partial charge in [0, 0.05) is 15.6 Å². The first-order chi connectivity index (χ1) is 10.7. The summed E-state index contributed by atoms with van der Waals surface area (Å²) in [4.78, 5) is 12.1. The van der Waals surface area contributed by atoms with Crippen molar-refractivity contribution in [2.24, 2.45) is 5.10 Å². The molecule has 0 heterocycles. The zero-order chi connectivity index (χ0) is 15.9. The Bertz CT molecular complexity index is 702. The van der Waals surface area contributed by atoms with Crippen LogP contribution in [0.25, 0.3) is 0 Å². The zero-order valence-electron chi connectivity index (χ0n) is 12.2. The molecule has 0 aliphatic rings. The molecule has 0 aromatic heterocycles. The summed E-state index contributed by atoms with van der Waals surface area (Å²) in [5.41, 5.74) is 3.78. The van der Waals surface area contributed by atoms with Gasteiger partial charge < -0.3 is 9.47 Å². The SMILES string of the molecule is COc1ccc(C(=O)NN=Cc2ccccc2Br)cc1OC. The lowest BCUT2D eigenvalue weighted by molar-refractivity contribution is 0.0954. The Balaban J connectivity index is 2.08. The van der Waals surface area contributed by atoms with Gasteiger partial charge in [-0.3, -0.25) is 4.79 Å². The van der Waals surface area contributed by atoms with Crippen LogP contribution in [0.3, 0.4) is 0 Å². The van der Waals surface area contributed by atoms with Crippen LogP contribution in [0.5, 0.6) is 11.5 Å². The number of nitrogens with one attached hydrogen (secondary N) is 1. The summed E-state index contributed by atoms with van der Waals surface area (Å²) >= 11 is 3.41. The maximum atomic E-state index is 12.1. The van der Waals surface area contributed by atoms with E-state index in [2.05, 4.69) is 26.5 Å². The highest BCUT2D eigenvalue weighted by Crippen LogP contribution is 2.27. The van der Waals surface area contributed by atoms with Gasteiger partial charge in [0.15, 0.2) is 11.5 Å². The predicted molar refractivity (Wildman–Crippen MR) is 88.7 cm³/mol. The Morgan fingerprint density at radius 2 is 1.86 bits per heavy atom. The average molecular weight is 363 g/mol. The van der Waals surface area contributed by atoms with Crippen LogP contribution >= 0.6 is 15.9 Å². The molecule has 2 rings (SSSR count). The molecule has 22 heavy (non-hydrogen) atoms. The largest absolute Gasteiger partial charge is 0.493 e. The van der Waals surface area contributed by atoms with Crippen LogP contribution in [-0.2, 0) is 0 Å². The number of carbonyl (C=O) groups excluding carboxylic acids is 1. The van der Waals surface area contributed by atoms with Crippen LogP contribution in [0.15, 0.2) is 52.0 Å². The van der Waals surface area contributed by atoms with Crippen molar-refractivity contribution in [3.63, 3.8) is 0 Å². The van der Waals surface area contributed by atoms with E-state index in [9.17, 15) is 4.79 Å². The number of hydrazone groups is 1. The molecule has 1 N–H and O–H groups in total. The molecule has 0 unspecified atom stereocenters. The number of halogens is 1. The Hall–Kier alpha value is -2.34. The van der Waals surface area contributed by atoms with Crippen LogP contribution in [0.4, 0.5) is 0 Å². The lowest BCUT2D eigenvalue weighted by atomic mass is 10.2. The number of amides is 1. The van der Waals surface area contributed by atoms with Crippen molar-refractivity contribution in [3.8, 4) is 11.5 Å². The van der Waals surface area contributed by atoms with E-state index in [0.29, 0.717) is 17.1 Å². The van der Waals surface area contributed by atoms with Crippen LogP contribution < -0.4 is 14.9 Å². The monoisotopic (exact) mass is 362 g/mol. The van der Waals surface area contributed by atoms with Crippen molar-refractivity contribution in [3.05, 3.63) is 58.1 Å². The van der Waals surface area contributed by atoms with Crippen molar-refractivity contribution in [1.29, 1.82) is 0 Å². The number of ether oxygens (including phenoxy) is 2. The van der Waals surface area contributed by atoms with Gasteiger partial charge in [-0.05, 0) is 24.3 Å². The van der Waals surface area contributed by atoms with Gasteiger partial charge in [0.1, 0.15) is 0 Å². The van der Waals surface area contributed by atoms with Crippen LogP contribution in [0.1, 0.15) is 15.9 Å². The molecule has 0 radical (unpaired) electrons. The average Bonchev–Trinajstić information content (AvgIpc) is 2.55. The number of hydrogen-bond acceptors (Lipinski definition) is 4. The van der Waals surface area contributed by atoms with Gasteiger partial charge in [-0.25, -0.2) is 5.43 Å². The third kappa shape index (κ3) is 3.85. The fourth-order valence-electron chi connectivity index (χ4n) is 1.78. The number of nitrogens with zero attached hydrogens (tertiary/aromatic N) is 1. The Morgan fingerprint density at radius 3 is 2.55 bits per heavy atom. The van der Waals surface area contributed by atoms with E-state index < -0.39 is 0 Å². The maximum Gasteiger partial charge on any atom is 0.271 e. The van der Waals surface area contributed by atoms with E-state index in [4.69, 9.17) is 9.47 Å². The highest BCUT2D eigenvalue weighted by atomic mass is 79.9. The van der Waals surface area contributed by atoms with Crippen LogP contribution in [-0.4, -0.2) is 26.3 Å². The molecule has 114 valence electrons. The maximum absolute atomic E-state index is 12.1. The third-order valence-corrected chi connectivity index (χ3v) is 3.64. The molecule has 0 fully saturated rings. The molecule has 0 saturated heterocycles.